The molecule has 5 heteroatoms. The molecule has 0 spiro atoms. The van der Waals surface area contributed by atoms with Crippen molar-refractivity contribution >= 4 is 22.3 Å². The van der Waals surface area contributed by atoms with E-state index >= 15 is 0 Å². The van der Waals surface area contributed by atoms with E-state index in [1.807, 2.05) is 19.4 Å². The minimum Gasteiger partial charge on any atom is -0.379 e. The van der Waals surface area contributed by atoms with Crippen LogP contribution in [0.25, 0.3) is 16.5 Å². The number of benzene rings is 1. The van der Waals surface area contributed by atoms with E-state index in [9.17, 15) is 4.79 Å². The van der Waals surface area contributed by atoms with Crippen molar-refractivity contribution in [2.24, 2.45) is 7.05 Å². The van der Waals surface area contributed by atoms with Crippen LogP contribution in [0.1, 0.15) is 70.8 Å². The first-order valence-corrected chi connectivity index (χ1v) is 13.2. The summed E-state index contributed by atoms with van der Waals surface area (Å²) in [6.45, 7) is 5.94. The van der Waals surface area contributed by atoms with Gasteiger partial charge < -0.3 is 9.30 Å². The first-order valence-electron chi connectivity index (χ1n) is 13.2. The second-order valence-corrected chi connectivity index (χ2v) is 10.6. The number of carbonyl (C=O) groups is 1. The fourth-order valence-corrected chi connectivity index (χ4v) is 5.96. The molecule has 3 aromatic rings. The van der Waals surface area contributed by atoms with Crippen molar-refractivity contribution < 1.29 is 9.53 Å². The third-order valence-corrected chi connectivity index (χ3v) is 8.11. The van der Waals surface area contributed by atoms with Gasteiger partial charge in [0.05, 0.1) is 18.9 Å². The van der Waals surface area contributed by atoms with Gasteiger partial charge in [-0.1, -0.05) is 18.2 Å². The molecule has 3 aliphatic rings. The summed E-state index contributed by atoms with van der Waals surface area (Å²) in [5.74, 6) is 0.850. The number of aromatic nitrogens is 2. The number of morpholine rings is 1. The Labute approximate surface area is 207 Å². The largest absolute Gasteiger partial charge is 0.379 e. The Morgan fingerprint density at radius 2 is 1.97 bits per heavy atom. The fraction of sp³-hybridized carbons (Fsp3) is 0.467. The quantitative estimate of drug-likeness (QED) is 0.450. The van der Waals surface area contributed by atoms with Crippen LogP contribution in [0.3, 0.4) is 0 Å². The lowest BCUT2D eigenvalue weighted by atomic mass is 9.90. The third kappa shape index (κ3) is 4.60. The number of allylic oxidation sites excluding steroid dienone is 1. The minimum atomic E-state index is 0.169. The molecule has 1 atom stereocenters. The number of rotatable bonds is 6. The summed E-state index contributed by atoms with van der Waals surface area (Å²) in [7, 11) is 2.03. The molecule has 2 fully saturated rings. The SMILES string of the molecule is Cc1cc(CC(=O)c2cn(C)c3ccc(C4CC4)cc23)cnc1C1=CCC(N2CCOCC2)CC1. The molecule has 0 amide bonds. The van der Waals surface area contributed by atoms with Crippen molar-refractivity contribution in [2.45, 2.75) is 57.4 Å². The van der Waals surface area contributed by atoms with Crippen LogP contribution in [0.15, 0.2) is 42.7 Å². The summed E-state index contributed by atoms with van der Waals surface area (Å²) < 4.78 is 7.59. The van der Waals surface area contributed by atoms with Crippen LogP contribution in [-0.4, -0.2) is 52.6 Å². The molecule has 5 nitrogen and oxygen atoms in total. The molecule has 3 heterocycles. The molecule has 2 aromatic heterocycles. The van der Waals surface area contributed by atoms with Gasteiger partial charge in [0.2, 0.25) is 0 Å². The average Bonchev–Trinajstić information content (AvgIpc) is 3.68. The van der Waals surface area contributed by atoms with Gasteiger partial charge in [0, 0.05) is 61.5 Å². The number of ether oxygens (including phenoxy) is 1. The Morgan fingerprint density at radius 1 is 1.14 bits per heavy atom. The molecular weight excluding hydrogens is 434 g/mol. The smallest absolute Gasteiger partial charge is 0.169 e. The van der Waals surface area contributed by atoms with Crippen LogP contribution in [0.2, 0.25) is 0 Å². The number of pyridine rings is 1. The molecule has 182 valence electrons. The van der Waals surface area contributed by atoms with Crippen molar-refractivity contribution in [3.63, 3.8) is 0 Å². The van der Waals surface area contributed by atoms with Crippen molar-refractivity contribution in [3.05, 3.63) is 70.7 Å². The average molecular weight is 470 g/mol. The van der Waals surface area contributed by atoms with E-state index < -0.39 is 0 Å². The highest BCUT2D eigenvalue weighted by molar-refractivity contribution is 6.09. The molecule has 2 aliphatic carbocycles. The maximum Gasteiger partial charge on any atom is 0.169 e. The molecule has 1 saturated heterocycles. The first-order chi connectivity index (χ1) is 17.1. The highest BCUT2D eigenvalue weighted by atomic mass is 16.5. The van der Waals surface area contributed by atoms with E-state index in [1.54, 1.807) is 0 Å². The van der Waals surface area contributed by atoms with Crippen LogP contribution in [0.5, 0.6) is 0 Å². The van der Waals surface area contributed by atoms with Crippen LogP contribution in [0, 0.1) is 6.92 Å². The van der Waals surface area contributed by atoms with Gasteiger partial charge in [0.25, 0.3) is 0 Å². The highest BCUT2D eigenvalue weighted by Gasteiger charge is 2.26. The zero-order chi connectivity index (χ0) is 23.9. The normalized spacial score (nSPS) is 21.3. The zero-order valence-electron chi connectivity index (χ0n) is 20.9. The van der Waals surface area contributed by atoms with Crippen LogP contribution >= 0.6 is 0 Å². The summed E-state index contributed by atoms with van der Waals surface area (Å²) in [5.41, 5.74) is 7.94. The van der Waals surface area contributed by atoms with E-state index in [-0.39, 0.29) is 5.78 Å². The number of hydrogen-bond donors (Lipinski definition) is 0. The number of hydrogen-bond acceptors (Lipinski definition) is 4. The van der Waals surface area contributed by atoms with Crippen molar-refractivity contribution in [1.29, 1.82) is 0 Å². The summed E-state index contributed by atoms with van der Waals surface area (Å²) in [6, 6.07) is 9.43. The third-order valence-electron chi connectivity index (χ3n) is 8.11. The maximum atomic E-state index is 13.4. The molecule has 1 aliphatic heterocycles. The van der Waals surface area contributed by atoms with E-state index in [2.05, 4.69) is 46.7 Å². The monoisotopic (exact) mass is 469 g/mol. The Kier molecular flexibility index (Phi) is 6.07. The topological polar surface area (TPSA) is 47.4 Å². The molecule has 0 bridgehead atoms. The van der Waals surface area contributed by atoms with E-state index in [0.717, 1.165) is 66.9 Å². The lowest BCUT2D eigenvalue weighted by Crippen LogP contribution is -2.43. The zero-order valence-corrected chi connectivity index (χ0v) is 20.9. The van der Waals surface area contributed by atoms with Gasteiger partial charge in [0.15, 0.2) is 5.78 Å². The summed E-state index contributed by atoms with van der Waals surface area (Å²) >= 11 is 0. The lowest BCUT2D eigenvalue weighted by Gasteiger charge is -2.36. The number of ketones is 1. The Balaban J connectivity index is 1.17. The maximum absolute atomic E-state index is 13.4. The molecular formula is C30H35N3O2. The fourth-order valence-electron chi connectivity index (χ4n) is 5.96. The molecule has 1 unspecified atom stereocenters. The van der Waals surface area contributed by atoms with Gasteiger partial charge in [-0.15, -0.1) is 0 Å². The Hall–Kier alpha value is -2.76. The van der Waals surface area contributed by atoms with E-state index in [1.165, 1.54) is 36.0 Å². The summed E-state index contributed by atoms with van der Waals surface area (Å²) in [4.78, 5) is 20.8. The second-order valence-electron chi connectivity index (χ2n) is 10.6. The number of fused-ring (bicyclic) bond motifs is 1. The molecule has 6 rings (SSSR count). The predicted octanol–water partition coefficient (Wildman–Crippen LogP) is 5.45. The molecule has 35 heavy (non-hydrogen) atoms. The van der Waals surface area contributed by atoms with Crippen LogP contribution in [-0.2, 0) is 18.2 Å². The summed E-state index contributed by atoms with van der Waals surface area (Å²) in [5, 5.41) is 1.09. The number of nitrogens with zero attached hydrogens (tertiary/aromatic N) is 3. The summed E-state index contributed by atoms with van der Waals surface area (Å²) in [6.07, 6.45) is 12.5. The van der Waals surface area contributed by atoms with Gasteiger partial charge in [-0.25, -0.2) is 0 Å². The van der Waals surface area contributed by atoms with Gasteiger partial charge in [-0.05, 0) is 79.3 Å². The highest BCUT2D eigenvalue weighted by Crippen LogP contribution is 2.41. The van der Waals surface area contributed by atoms with Crippen molar-refractivity contribution in [2.75, 3.05) is 26.3 Å². The van der Waals surface area contributed by atoms with Gasteiger partial charge >= 0.3 is 0 Å². The molecule has 0 N–H and O–H groups in total. The van der Waals surface area contributed by atoms with Gasteiger partial charge in [-0.2, -0.15) is 0 Å². The number of aryl methyl sites for hydroxylation is 2. The lowest BCUT2D eigenvalue weighted by molar-refractivity contribution is 0.0150. The number of Topliss-reactive ketones (excluding diaryl/α,β-unsaturated/α-hetero) is 1. The molecule has 1 saturated carbocycles. The minimum absolute atomic E-state index is 0.169. The van der Waals surface area contributed by atoms with Crippen molar-refractivity contribution in [3.8, 4) is 0 Å². The second kappa shape index (κ2) is 9.36. The Bertz CT molecular complexity index is 1290. The van der Waals surface area contributed by atoms with Crippen molar-refractivity contribution in [1.82, 2.24) is 14.5 Å². The van der Waals surface area contributed by atoms with Gasteiger partial charge in [-0.3, -0.25) is 14.7 Å². The predicted molar refractivity (Wildman–Crippen MR) is 140 cm³/mol. The first kappa shape index (κ1) is 22.7. The standard InChI is InChI=1S/C30H35N3O2/c1-20-15-21(18-31-30(20)23-5-8-25(9-6-23)33-11-13-35-14-12-33)16-29(34)27-19-32(2)28-10-7-24(17-26(27)28)22-3-4-22/h5,7,10,15,17-19,22,25H,3-4,6,8-9,11-14,16H2,1-2H3. The van der Waals surface area contributed by atoms with E-state index in [4.69, 9.17) is 9.72 Å². The molecule has 0 radical (unpaired) electrons. The van der Waals surface area contributed by atoms with Crippen LogP contribution < -0.4 is 0 Å². The van der Waals surface area contributed by atoms with Gasteiger partial charge in [0.1, 0.15) is 0 Å². The Morgan fingerprint density at radius 3 is 2.69 bits per heavy atom. The number of carbonyl (C=O) groups excluding carboxylic acids is 1. The molecule has 1 aromatic carbocycles. The van der Waals surface area contributed by atoms with Crippen LogP contribution in [0.4, 0.5) is 0 Å². The van der Waals surface area contributed by atoms with E-state index in [0.29, 0.717) is 18.4 Å².